The number of ketones is 2. The number of Topliss-reactive ketones (excluding diaryl/α,β-unsaturated/α-hetero) is 2. The Balaban J connectivity index is 2.09. The molecule has 1 heterocycles. The van der Waals surface area contributed by atoms with Crippen LogP contribution in [0.2, 0.25) is 0 Å². The lowest BCUT2D eigenvalue weighted by atomic mass is 9.80. The van der Waals surface area contributed by atoms with E-state index in [1.54, 1.807) is 25.1 Å². The molecule has 8 heteroatoms. The van der Waals surface area contributed by atoms with Crippen molar-refractivity contribution in [2.75, 3.05) is 14.2 Å². The zero-order chi connectivity index (χ0) is 20.4. The quantitative estimate of drug-likeness (QED) is 0.612. The Bertz CT molecular complexity index is 981. The van der Waals surface area contributed by atoms with Crippen molar-refractivity contribution in [3.05, 3.63) is 45.9 Å². The molecule has 1 aliphatic carbocycles. The smallest absolute Gasteiger partial charge is 0.282 e. The van der Waals surface area contributed by atoms with Crippen LogP contribution in [0.3, 0.4) is 0 Å². The number of benzene rings is 1. The Morgan fingerprint density at radius 1 is 1.18 bits per heavy atom. The summed E-state index contributed by atoms with van der Waals surface area (Å²) in [6.45, 7) is 1.65. The number of aromatic nitrogens is 2. The number of aliphatic hydroxyl groups excluding tert-OH is 1. The summed E-state index contributed by atoms with van der Waals surface area (Å²) in [7, 11) is 2.97. The fourth-order valence-corrected chi connectivity index (χ4v) is 3.44. The number of hydrogen-bond acceptors (Lipinski definition) is 7. The van der Waals surface area contributed by atoms with Gasteiger partial charge in [-0.25, -0.2) is 0 Å². The first kappa shape index (κ1) is 19.8. The van der Waals surface area contributed by atoms with Crippen molar-refractivity contribution in [1.29, 1.82) is 0 Å². The number of aliphatic hydroxyl groups is 1. The van der Waals surface area contributed by atoms with Gasteiger partial charge in [0.25, 0.3) is 5.56 Å². The lowest BCUT2D eigenvalue weighted by Crippen LogP contribution is -2.41. The van der Waals surface area contributed by atoms with Crippen molar-refractivity contribution in [3.63, 3.8) is 0 Å². The topological polar surface area (TPSA) is 108 Å². The van der Waals surface area contributed by atoms with Gasteiger partial charge < -0.3 is 14.6 Å². The highest BCUT2D eigenvalue weighted by Crippen LogP contribution is 2.29. The van der Waals surface area contributed by atoms with E-state index in [2.05, 4.69) is 5.10 Å². The normalized spacial score (nSPS) is 19.4. The molecule has 0 bridgehead atoms. The zero-order valence-electron chi connectivity index (χ0n) is 16.0. The third-order valence-electron chi connectivity index (χ3n) is 4.85. The highest BCUT2D eigenvalue weighted by Gasteiger charge is 2.38. The minimum absolute atomic E-state index is 0.165. The van der Waals surface area contributed by atoms with Crippen LogP contribution in [-0.2, 0) is 4.79 Å². The summed E-state index contributed by atoms with van der Waals surface area (Å²) in [5, 5.41) is 14.4. The minimum atomic E-state index is -1.21. The van der Waals surface area contributed by atoms with E-state index in [-0.39, 0.29) is 17.8 Å². The number of aryl methyl sites for hydroxylation is 1. The second-order valence-corrected chi connectivity index (χ2v) is 6.72. The SMILES string of the molecule is COc1ccc(-n2nc(C)cc(C(=O)C3C(=O)CCCC3O)c2=O)cc1OC. The van der Waals surface area contributed by atoms with Gasteiger partial charge in [0.15, 0.2) is 17.3 Å². The molecule has 8 nitrogen and oxygen atoms in total. The molecule has 1 saturated carbocycles. The maximum Gasteiger partial charge on any atom is 0.282 e. The number of hydrogen-bond donors (Lipinski definition) is 1. The number of methoxy groups -OCH3 is 2. The Morgan fingerprint density at radius 3 is 2.54 bits per heavy atom. The molecule has 0 spiro atoms. The molecule has 1 aromatic heterocycles. The average Bonchev–Trinajstić information content (AvgIpc) is 2.68. The molecule has 0 saturated heterocycles. The number of rotatable bonds is 5. The summed E-state index contributed by atoms with van der Waals surface area (Å²) in [5.74, 6) is -1.32. The zero-order valence-corrected chi connectivity index (χ0v) is 16.0. The van der Waals surface area contributed by atoms with Gasteiger partial charge in [0.05, 0.1) is 37.3 Å². The van der Waals surface area contributed by atoms with Crippen molar-refractivity contribution in [2.45, 2.75) is 32.3 Å². The van der Waals surface area contributed by atoms with Gasteiger partial charge >= 0.3 is 0 Å². The molecule has 0 amide bonds. The minimum Gasteiger partial charge on any atom is -0.493 e. The fourth-order valence-electron chi connectivity index (χ4n) is 3.44. The Labute approximate surface area is 161 Å². The molecule has 1 N–H and O–H groups in total. The van der Waals surface area contributed by atoms with E-state index in [0.717, 1.165) is 4.68 Å². The summed E-state index contributed by atoms with van der Waals surface area (Å²) in [4.78, 5) is 38.1. The number of nitrogens with zero attached hydrogens (tertiary/aromatic N) is 2. The molecule has 0 aliphatic heterocycles. The van der Waals surface area contributed by atoms with E-state index in [1.807, 2.05) is 0 Å². The van der Waals surface area contributed by atoms with Gasteiger partial charge in [0, 0.05) is 12.5 Å². The predicted octanol–water partition coefficient (Wildman–Crippen LogP) is 1.47. The summed E-state index contributed by atoms with van der Waals surface area (Å²) in [6, 6.07) is 6.17. The highest BCUT2D eigenvalue weighted by atomic mass is 16.5. The summed E-state index contributed by atoms with van der Waals surface area (Å²) < 4.78 is 11.5. The first-order chi connectivity index (χ1) is 13.4. The van der Waals surface area contributed by atoms with Crippen LogP contribution in [0.25, 0.3) is 5.69 Å². The molecule has 148 valence electrons. The van der Waals surface area contributed by atoms with Crippen LogP contribution in [0.15, 0.2) is 29.1 Å². The third kappa shape index (κ3) is 3.55. The van der Waals surface area contributed by atoms with E-state index < -0.39 is 23.4 Å². The maximum atomic E-state index is 13.0. The van der Waals surface area contributed by atoms with E-state index in [1.165, 1.54) is 20.3 Å². The van der Waals surface area contributed by atoms with Crippen LogP contribution in [0, 0.1) is 12.8 Å². The molecule has 2 atom stereocenters. The molecule has 28 heavy (non-hydrogen) atoms. The average molecular weight is 386 g/mol. The summed E-state index contributed by atoms with van der Waals surface area (Å²) >= 11 is 0. The lowest BCUT2D eigenvalue weighted by Gasteiger charge is -2.25. The number of ether oxygens (including phenoxy) is 2. The van der Waals surface area contributed by atoms with Gasteiger partial charge in [0.2, 0.25) is 0 Å². The molecule has 3 rings (SSSR count). The van der Waals surface area contributed by atoms with E-state index in [4.69, 9.17) is 9.47 Å². The Kier molecular flexibility index (Phi) is 5.60. The van der Waals surface area contributed by atoms with Gasteiger partial charge in [0.1, 0.15) is 11.7 Å². The van der Waals surface area contributed by atoms with Crippen LogP contribution in [0.1, 0.15) is 35.3 Å². The van der Waals surface area contributed by atoms with Crippen molar-refractivity contribution in [3.8, 4) is 17.2 Å². The van der Waals surface area contributed by atoms with Crippen LogP contribution < -0.4 is 15.0 Å². The van der Waals surface area contributed by atoms with Gasteiger partial charge in [-0.1, -0.05) is 0 Å². The standard InChI is InChI=1S/C20H22N2O6/c1-11-9-13(19(25)18-14(23)5-4-6-15(18)24)20(26)22(21-11)12-7-8-16(27-2)17(10-12)28-3/h7-10,14,18,23H,4-6H2,1-3H3. The van der Waals surface area contributed by atoms with Crippen molar-refractivity contribution in [2.24, 2.45) is 5.92 Å². The molecule has 2 aromatic rings. The van der Waals surface area contributed by atoms with Crippen molar-refractivity contribution >= 4 is 11.6 Å². The molecule has 0 radical (unpaired) electrons. The van der Waals surface area contributed by atoms with E-state index >= 15 is 0 Å². The van der Waals surface area contributed by atoms with Gasteiger partial charge in [-0.3, -0.25) is 14.4 Å². The van der Waals surface area contributed by atoms with Crippen molar-refractivity contribution in [1.82, 2.24) is 9.78 Å². The molecule has 1 aliphatic rings. The summed E-state index contributed by atoms with van der Waals surface area (Å²) in [5.41, 5.74) is -0.0126. The van der Waals surface area contributed by atoms with Gasteiger partial charge in [-0.05, 0) is 38.0 Å². The van der Waals surface area contributed by atoms with Crippen LogP contribution >= 0.6 is 0 Å². The Morgan fingerprint density at radius 2 is 1.89 bits per heavy atom. The van der Waals surface area contributed by atoms with E-state index in [9.17, 15) is 19.5 Å². The Hall–Kier alpha value is -3.00. The summed E-state index contributed by atoms with van der Waals surface area (Å²) in [6.07, 6.45) is 0.0446. The first-order valence-electron chi connectivity index (χ1n) is 8.95. The lowest BCUT2D eigenvalue weighted by molar-refractivity contribution is -0.126. The largest absolute Gasteiger partial charge is 0.493 e. The number of carbonyl (C=O) groups is 2. The second kappa shape index (κ2) is 7.93. The van der Waals surface area contributed by atoms with E-state index in [0.29, 0.717) is 35.7 Å². The van der Waals surface area contributed by atoms with Gasteiger partial charge in [-0.15, -0.1) is 0 Å². The number of carbonyl (C=O) groups excluding carboxylic acids is 2. The molecular weight excluding hydrogens is 364 g/mol. The molecule has 2 unspecified atom stereocenters. The van der Waals surface area contributed by atoms with Gasteiger partial charge in [-0.2, -0.15) is 9.78 Å². The first-order valence-corrected chi connectivity index (χ1v) is 8.95. The fraction of sp³-hybridized carbons (Fsp3) is 0.400. The maximum absolute atomic E-state index is 13.0. The van der Waals surface area contributed by atoms with Crippen LogP contribution in [0.4, 0.5) is 0 Å². The molecular formula is C20H22N2O6. The van der Waals surface area contributed by atoms with Crippen LogP contribution in [0.5, 0.6) is 11.5 Å². The molecule has 1 aromatic carbocycles. The monoisotopic (exact) mass is 386 g/mol. The third-order valence-corrected chi connectivity index (χ3v) is 4.85. The van der Waals surface area contributed by atoms with Crippen molar-refractivity contribution < 1.29 is 24.2 Å². The second-order valence-electron chi connectivity index (χ2n) is 6.72. The highest BCUT2D eigenvalue weighted by molar-refractivity contribution is 6.11. The predicted molar refractivity (Wildman–Crippen MR) is 100 cm³/mol. The van der Waals surface area contributed by atoms with Crippen LogP contribution in [-0.4, -0.2) is 46.8 Å². The molecule has 1 fully saturated rings.